The van der Waals surface area contributed by atoms with Gasteiger partial charge in [-0.3, -0.25) is 10.1 Å². The molecule has 0 atom stereocenters. The topological polar surface area (TPSA) is 64.1 Å². The van der Waals surface area contributed by atoms with Crippen molar-refractivity contribution in [1.29, 1.82) is 0 Å². The van der Waals surface area contributed by atoms with Crippen LogP contribution in [0.2, 0.25) is 5.02 Å². The molecule has 2 aromatic rings. The number of halogens is 4. The van der Waals surface area contributed by atoms with Gasteiger partial charge in [0.15, 0.2) is 6.61 Å². The van der Waals surface area contributed by atoms with Gasteiger partial charge < -0.3 is 4.74 Å². The third kappa shape index (κ3) is 4.31. The lowest BCUT2D eigenvalue weighted by Crippen LogP contribution is -2.20. The molecule has 0 aliphatic heterocycles. The summed E-state index contributed by atoms with van der Waals surface area (Å²) in [6.45, 7) is 1.40. The number of nitrogens with zero attached hydrogens (tertiary/aromatic N) is 2. The lowest BCUT2D eigenvalue weighted by molar-refractivity contribution is -0.138. The number of anilines is 1. The van der Waals surface area contributed by atoms with Gasteiger partial charge in [0.1, 0.15) is 5.75 Å². The van der Waals surface area contributed by atoms with Gasteiger partial charge in [0.25, 0.3) is 5.91 Å². The van der Waals surface area contributed by atoms with E-state index in [1.165, 1.54) is 0 Å². The Balaban J connectivity index is 1.90. The van der Waals surface area contributed by atoms with Crippen LogP contribution in [0.15, 0.2) is 18.2 Å². The van der Waals surface area contributed by atoms with Crippen LogP contribution in [-0.2, 0) is 11.0 Å². The summed E-state index contributed by atoms with van der Waals surface area (Å²) >= 11 is 6.09. The van der Waals surface area contributed by atoms with Crippen molar-refractivity contribution < 1.29 is 22.7 Å². The van der Waals surface area contributed by atoms with Crippen molar-refractivity contribution in [3.8, 4) is 5.75 Å². The maximum atomic E-state index is 12.3. The molecular weight excluding hydrogens is 343 g/mol. The van der Waals surface area contributed by atoms with Crippen molar-refractivity contribution in [3.05, 3.63) is 33.8 Å². The molecule has 1 heterocycles. The summed E-state index contributed by atoms with van der Waals surface area (Å²) in [7, 11) is 0. The first-order valence-electron chi connectivity index (χ1n) is 5.85. The van der Waals surface area contributed by atoms with Crippen molar-refractivity contribution in [2.45, 2.75) is 13.1 Å². The monoisotopic (exact) mass is 351 g/mol. The number of carbonyl (C=O) groups excluding carboxylic acids is 1. The lowest BCUT2D eigenvalue weighted by Gasteiger charge is -2.07. The molecular formula is C12H9ClF3N3O2S. The van der Waals surface area contributed by atoms with E-state index in [0.29, 0.717) is 10.8 Å². The van der Waals surface area contributed by atoms with Crippen LogP contribution in [0.5, 0.6) is 5.75 Å². The Morgan fingerprint density at radius 2 is 2.14 bits per heavy atom. The number of hydrogen-bond donors (Lipinski definition) is 1. The summed E-state index contributed by atoms with van der Waals surface area (Å²) in [5.41, 5.74) is 0.776. The summed E-state index contributed by atoms with van der Waals surface area (Å²) in [6.07, 6.45) is -4.59. The Hall–Kier alpha value is -1.87. The Morgan fingerprint density at radius 3 is 2.73 bits per heavy atom. The van der Waals surface area contributed by atoms with Crippen LogP contribution in [0.3, 0.4) is 0 Å². The van der Waals surface area contributed by atoms with Gasteiger partial charge >= 0.3 is 6.18 Å². The molecule has 0 fully saturated rings. The highest BCUT2D eigenvalue weighted by Gasteiger charge is 2.35. The molecule has 0 saturated heterocycles. The standard InChI is InChI=1S/C12H9ClF3N3O2S/c1-6-4-7(2-3-8(6)13)21-5-9(20)17-11-19-18-10(22-11)12(14,15)16/h2-4H,5H2,1H3,(H,17,19,20). The molecule has 0 aliphatic carbocycles. The van der Waals surface area contributed by atoms with Crippen LogP contribution in [-0.4, -0.2) is 22.7 Å². The molecule has 1 N–H and O–H groups in total. The number of ether oxygens (including phenoxy) is 1. The van der Waals surface area contributed by atoms with E-state index in [1.807, 2.05) is 0 Å². The predicted octanol–water partition coefficient (Wildman–Crippen LogP) is 3.54. The molecule has 0 aliphatic rings. The first-order chi connectivity index (χ1) is 10.3. The minimum atomic E-state index is -4.59. The average Bonchev–Trinajstić information content (AvgIpc) is 2.88. The predicted molar refractivity (Wildman–Crippen MR) is 75.2 cm³/mol. The van der Waals surface area contributed by atoms with E-state index in [9.17, 15) is 18.0 Å². The van der Waals surface area contributed by atoms with Crippen LogP contribution in [0.25, 0.3) is 0 Å². The number of carbonyl (C=O) groups is 1. The second kappa shape index (κ2) is 6.49. The second-order valence-corrected chi connectivity index (χ2v) is 5.54. The van der Waals surface area contributed by atoms with E-state index in [0.717, 1.165) is 5.56 Å². The number of alkyl halides is 3. The molecule has 0 saturated carbocycles. The Morgan fingerprint density at radius 1 is 1.41 bits per heavy atom. The lowest BCUT2D eigenvalue weighted by atomic mass is 10.2. The van der Waals surface area contributed by atoms with Crippen LogP contribution < -0.4 is 10.1 Å². The number of rotatable bonds is 4. The fourth-order valence-electron chi connectivity index (χ4n) is 1.40. The molecule has 0 radical (unpaired) electrons. The smallest absolute Gasteiger partial charge is 0.445 e. The molecule has 1 amide bonds. The summed E-state index contributed by atoms with van der Waals surface area (Å²) < 4.78 is 42.2. The highest BCUT2D eigenvalue weighted by Crippen LogP contribution is 2.32. The molecule has 1 aromatic carbocycles. The third-order valence-electron chi connectivity index (χ3n) is 2.41. The van der Waals surface area contributed by atoms with Crippen LogP contribution in [0, 0.1) is 6.92 Å². The van der Waals surface area contributed by atoms with Crippen LogP contribution in [0.4, 0.5) is 18.3 Å². The van der Waals surface area contributed by atoms with Crippen molar-refractivity contribution in [2.75, 3.05) is 11.9 Å². The number of aromatic nitrogens is 2. The van der Waals surface area contributed by atoms with E-state index in [4.69, 9.17) is 16.3 Å². The number of benzene rings is 1. The molecule has 2 rings (SSSR count). The maximum Gasteiger partial charge on any atom is 0.445 e. The number of aryl methyl sites for hydroxylation is 1. The molecule has 10 heteroatoms. The normalized spacial score (nSPS) is 11.3. The first-order valence-corrected chi connectivity index (χ1v) is 7.04. The van der Waals surface area contributed by atoms with Crippen molar-refractivity contribution in [1.82, 2.24) is 10.2 Å². The summed E-state index contributed by atoms with van der Waals surface area (Å²) in [6, 6.07) is 4.84. The van der Waals surface area contributed by atoms with Crippen molar-refractivity contribution >= 4 is 34.0 Å². The van der Waals surface area contributed by atoms with E-state index in [1.54, 1.807) is 25.1 Å². The van der Waals surface area contributed by atoms with E-state index in [2.05, 4.69) is 15.5 Å². The molecule has 5 nitrogen and oxygen atoms in total. The number of nitrogens with one attached hydrogen (secondary N) is 1. The SMILES string of the molecule is Cc1cc(OCC(=O)Nc2nnc(C(F)(F)F)s2)ccc1Cl. The Bertz CT molecular complexity index is 690. The molecule has 0 spiro atoms. The molecule has 0 bridgehead atoms. The minimum absolute atomic E-state index is 0.242. The zero-order valence-electron chi connectivity index (χ0n) is 11.1. The van der Waals surface area contributed by atoms with Crippen molar-refractivity contribution in [3.63, 3.8) is 0 Å². The zero-order valence-corrected chi connectivity index (χ0v) is 12.6. The molecule has 22 heavy (non-hydrogen) atoms. The quantitative estimate of drug-likeness (QED) is 0.915. The fourth-order valence-corrected chi connectivity index (χ4v) is 2.14. The molecule has 0 unspecified atom stereocenters. The fraction of sp³-hybridized carbons (Fsp3) is 0.250. The van der Waals surface area contributed by atoms with Gasteiger partial charge in [0.2, 0.25) is 10.1 Å². The van der Waals surface area contributed by atoms with Gasteiger partial charge in [0.05, 0.1) is 0 Å². The van der Waals surface area contributed by atoms with Crippen LogP contribution >= 0.6 is 22.9 Å². The van der Waals surface area contributed by atoms with Gasteiger partial charge in [-0.25, -0.2) is 0 Å². The van der Waals surface area contributed by atoms with Gasteiger partial charge in [-0.05, 0) is 30.7 Å². The zero-order chi connectivity index (χ0) is 16.3. The van der Waals surface area contributed by atoms with Gasteiger partial charge in [0, 0.05) is 5.02 Å². The summed E-state index contributed by atoms with van der Waals surface area (Å²) in [4.78, 5) is 11.6. The first kappa shape index (κ1) is 16.5. The highest BCUT2D eigenvalue weighted by molar-refractivity contribution is 7.15. The van der Waals surface area contributed by atoms with E-state index >= 15 is 0 Å². The second-order valence-electron chi connectivity index (χ2n) is 4.16. The minimum Gasteiger partial charge on any atom is -0.484 e. The number of hydrogen-bond acceptors (Lipinski definition) is 5. The molecule has 118 valence electrons. The Kier molecular flexibility index (Phi) is 4.87. The van der Waals surface area contributed by atoms with Gasteiger partial charge in [-0.15, -0.1) is 10.2 Å². The third-order valence-corrected chi connectivity index (χ3v) is 3.72. The summed E-state index contributed by atoms with van der Waals surface area (Å²) in [5, 5.41) is 7.58. The molecule has 1 aromatic heterocycles. The number of amides is 1. The van der Waals surface area contributed by atoms with Crippen LogP contribution in [0.1, 0.15) is 10.6 Å². The largest absolute Gasteiger partial charge is 0.484 e. The van der Waals surface area contributed by atoms with Gasteiger partial charge in [-0.2, -0.15) is 13.2 Å². The van der Waals surface area contributed by atoms with Crippen molar-refractivity contribution in [2.24, 2.45) is 0 Å². The summed E-state index contributed by atoms with van der Waals surface area (Å²) in [5.74, 6) is -0.220. The van der Waals surface area contributed by atoms with E-state index in [-0.39, 0.29) is 23.1 Å². The Labute approximate surface area is 132 Å². The maximum absolute atomic E-state index is 12.3. The van der Waals surface area contributed by atoms with E-state index < -0.39 is 17.1 Å². The highest BCUT2D eigenvalue weighted by atomic mass is 35.5. The van der Waals surface area contributed by atoms with Gasteiger partial charge in [-0.1, -0.05) is 22.9 Å². The average molecular weight is 352 g/mol.